The van der Waals surface area contributed by atoms with E-state index in [1.54, 1.807) is 25.3 Å². The molecule has 0 atom stereocenters. The Labute approximate surface area is 168 Å². The van der Waals surface area contributed by atoms with Crippen LogP contribution in [0.25, 0.3) is 10.2 Å². The van der Waals surface area contributed by atoms with Crippen LogP contribution in [0.3, 0.4) is 0 Å². The molecule has 2 aromatic carbocycles. The van der Waals surface area contributed by atoms with Crippen LogP contribution in [-0.4, -0.2) is 38.4 Å². The van der Waals surface area contributed by atoms with Gasteiger partial charge in [0.05, 0.1) is 27.5 Å². The van der Waals surface area contributed by atoms with Gasteiger partial charge in [0, 0.05) is 20.1 Å². The molecule has 8 heteroatoms. The van der Waals surface area contributed by atoms with Crippen LogP contribution in [-0.2, 0) is 25.9 Å². The number of nitrogens with zero attached hydrogens (tertiary/aromatic N) is 2. The Morgan fingerprint density at radius 3 is 2.64 bits per heavy atom. The zero-order valence-electron chi connectivity index (χ0n) is 15.8. The van der Waals surface area contributed by atoms with E-state index < -0.39 is 15.7 Å². The van der Waals surface area contributed by atoms with Crippen molar-refractivity contribution in [1.29, 1.82) is 0 Å². The van der Waals surface area contributed by atoms with Crippen molar-refractivity contribution >= 4 is 37.3 Å². The van der Waals surface area contributed by atoms with Gasteiger partial charge in [-0.05, 0) is 36.8 Å². The molecule has 0 aliphatic heterocycles. The SMILES string of the molecule is COCCn1c(=NC(=O)CCS(=O)(=O)c2ccccc2)sc2cc(C)ccc21. The second-order valence-corrected chi connectivity index (χ2v) is 9.51. The van der Waals surface area contributed by atoms with Crippen LogP contribution in [0.1, 0.15) is 12.0 Å². The van der Waals surface area contributed by atoms with Gasteiger partial charge in [-0.15, -0.1) is 0 Å². The van der Waals surface area contributed by atoms with E-state index in [0.717, 1.165) is 15.8 Å². The molecule has 0 unspecified atom stereocenters. The predicted octanol–water partition coefficient (Wildman–Crippen LogP) is 2.95. The summed E-state index contributed by atoms with van der Waals surface area (Å²) in [5.41, 5.74) is 2.11. The molecule has 28 heavy (non-hydrogen) atoms. The van der Waals surface area contributed by atoms with Gasteiger partial charge in [0.1, 0.15) is 0 Å². The number of benzene rings is 2. The summed E-state index contributed by atoms with van der Waals surface area (Å²) in [6.07, 6.45) is -0.158. The van der Waals surface area contributed by atoms with Crippen molar-refractivity contribution in [2.45, 2.75) is 24.8 Å². The van der Waals surface area contributed by atoms with Gasteiger partial charge in [-0.3, -0.25) is 4.79 Å². The van der Waals surface area contributed by atoms with E-state index >= 15 is 0 Å². The maximum atomic E-state index is 12.4. The Balaban J connectivity index is 1.86. The summed E-state index contributed by atoms with van der Waals surface area (Å²) in [4.78, 5) is 17.4. The first-order valence-corrected chi connectivity index (χ1v) is 11.3. The van der Waals surface area contributed by atoms with Gasteiger partial charge >= 0.3 is 0 Å². The highest BCUT2D eigenvalue weighted by molar-refractivity contribution is 7.91. The third kappa shape index (κ3) is 4.76. The minimum atomic E-state index is -3.51. The summed E-state index contributed by atoms with van der Waals surface area (Å²) in [6, 6.07) is 14.2. The first-order chi connectivity index (χ1) is 13.4. The van der Waals surface area contributed by atoms with Crippen molar-refractivity contribution in [1.82, 2.24) is 4.57 Å². The number of rotatable bonds is 7. The van der Waals surface area contributed by atoms with Gasteiger partial charge in [0.25, 0.3) is 0 Å². The fraction of sp³-hybridized carbons (Fsp3) is 0.300. The first-order valence-electron chi connectivity index (χ1n) is 8.85. The molecule has 0 aliphatic rings. The lowest BCUT2D eigenvalue weighted by Gasteiger charge is -2.04. The molecule has 1 aromatic heterocycles. The fourth-order valence-electron chi connectivity index (χ4n) is 2.79. The maximum Gasteiger partial charge on any atom is 0.249 e. The lowest BCUT2D eigenvalue weighted by atomic mass is 10.2. The van der Waals surface area contributed by atoms with Crippen molar-refractivity contribution in [3.8, 4) is 0 Å². The number of hydrogen-bond acceptors (Lipinski definition) is 5. The van der Waals surface area contributed by atoms with Gasteiger partial charge in [-0.25, -0.2) is 8.42 Å². The van der Waals surface area contributed by atoms with Crippen LogP contribution in [0.15, 0.2) is 58.4 Å². The summed E-state index contributed by atoms with van der Waals surface area (Å²) >= 11 is 1.42. The van der Waals surface area contributed by atoms with Crippen molar-refractivity contribution < 1.29 is 17.9 Å². The lowest BCUT2D eigenvalue weighted by molar-refractivity contribution is -0.117. The number of ether oxygens (including phenoxy) is 1. The number of hydrogen-bond donors (Lipinski definition) is 0. The standard InChI is InChI=1S/C20H22N2O4S2/c1-15-8-9-17-18(14-15)27-20(22(17)11-12-26-2)21-19(23)10-13-28(24,25)16-6-4-3-5-7-16/h3-9,14H,10-13H2,1-2H3. The van der Waals surface area contributed by atoms with Crippen molar-refractivity contribution in [2.75, 3.05) is 19.5 Å². The average molecular weight is 419 g/mol. The zero-order valence-corrected chi connectivity index (χ0v) is 17.4. The highest BCUT2D eigenvalue weighted by atomic mass is 32.2. The fourth-order valence-corrected chi connectivity index (χ4v) is 5.22. The van der Waals surface area contributed by atoms with E-state index in [4.69, 9.17) is 4.74 Å². The van der Waals surface area contributed by atoms with Crippen LogP contribution >= 0.6 is 11.3 Å². The number of methoxy groups -OCH3 is 1. The van der Waals surface area contributed by atoms with Gasteiger partial charge in [-0.1, -0.05) is 35.6 Å². The van der Waals surface area contributed by atoms with Gasteiger partial charge < -0.3 is 9.30 Å². The average Bonchev–Trinajstić information content (AvgIpc) is 3.01. The number of aromatic nitrogens is 1. The number of thiazole rings is 1. The maximum absolute atomic E-state index is 12.4. The number of carbonyl (C=O) groups is 1. The minimum absolute atomic E-state index is 0.158. The van der Waals surface area contributed by atoms with E-state index in [1.165, 1.54) is 23.5 Å². The Morgan fingerprint density at radius 2 is 1.93 bits per heavy atom. The van der Waals surface area contributed by atoms with Crippen LogP contribution < -0.4 is 4.80 Å². The molecule has 0 fully saturated rings. The third-order valence-electron chi connectivity index (χ3n) is 4.26. The lowest BCUT2D eigenvalue weighted by Crippen LogP contribution is -2.20. The predicted molar refractivity (Wildman–Crippen MR) is 110 cm³/mol. The molecule has 3 aromatic rings. The molecule has 1 heterocycles. The molecule has 0 N–H and O–H groups in total. The van der Waals surface area contributed by atoms with Crippen molar-refractivity contribution in [3.63, 3.8) is 0 Å². The number of sulfone groups is 1. The second-order valence-electron chi connectivity index (χ2n) is 6.39. The number of aryl methyl sites for hydroxylation is 1. The monoisotopic (exact) mass is 418 g/mol. The normalized spacial score (nSPS) is 12.6. The van der Waals surface area contributed by atoms with E-state index in [9.17, 15) is 13.2 Å². The molecule has 0 aliphatic carbocycles. The number of carbonyl (C=O) groups excluding carboxylic acids is 1. The summed E-state index contributed by atoms with van der Waals surface area (Å²) in [6.45, 7) is 3.06. The summed E-state index contributed by atoms with van der Waals surface area (Å²) < 4.78 is 32.9. The van der Waals surface area contributed by atoms with Crippen LogP contribution in [0.2, 0.25) is 0 Å². The van der Waals surface area contributed by atoms with Gasteiger partial charge in [0.15, 0.2) is 14.6 Å². The summed E-state index contributed by atoms with van der Waals surface area (Å²) in [5, 5.41) is 0. The molecule has 6 nitrogen and oxygen atoms in total. The summed E-state index contributed by atoms with van der Waals surface area (Å²) in [7, 11) is -1.89. The molecule has 1 amide bonds. The minimum Gasteiger partial charge on any atom is -0.383 e. The van der Waals surface area contributed by atoms with Gasteiger partial charge in [-0.2, -0.15) is 4.99 Å². The highest BCUT2D eigenvalue weighted by Crippen LogP contribution is 2.19. The van der Waals surface area contributed by atoms with E-state index in [2.05, 4.69) is 4.99 Å². The highest BCUT2D eigenvalue weighted by Gasteiger charge is 2.16. The number of fused-ring (bicyclic) bond motifs is 1. The second kappa shape index (κ2) is 8.81. The molecular formula is C20H22N2O4S2. The first kappa shape index (κ1) is 20.4. The Hall–Kier alpha value is -2.29. The third-order valence-corrected chi connectivity index (χ3v) is 7.04. The smallest absolute Gasteiger partial charge is 0.249 e. The molecule has 0 radical (unpaired) electrons. The van der Waals surface area contributed by atoms with Gasteiger partial charge in [0.2, 0.25) is 5.91 Å². The van der Waals surface area contributed by atoms with Crippen LogP contribution in [0.5, 0.6) is 0 Å². The molecule has 3 rings (SSSR count). The van der Waals surface area contributed by atoms with E-state index in [-0.39, 0.29) is 17.1 Å². The molecule has 0 saturated heterocycles. The Morgan fingerprint density at radius 1 is 1.18 bits per heavy atom. The largest absolute Gasteiger partial charge is 0.383 e. The van der Waals surface area contributed by atoms with Crippen molar-refractivity contribution in [2.24, 2.45) is 4.99 Å². The molecule has 148 valence electrons. The quantitative estimate of drug-likeness (QED) is 0.591. The molecule has 0 spiro atoms. The zero-order chi connectivity index (χ0) is 20.1. The summed E-state index contributed by atoms with van der Waals surface area (Å²) in [5.74, 6) is -0.713. The van der Waals surface area contributed by atoms with E-state index in [1.807, 2.05) is 29.7 Å². The topological polar surface area (TPSA) is 77.7 Å². The Kier molecular flexibility index (Phi) is 6.43. The molecule has 0 bridgehead atoms. The molecular weight excluding hydrogens is 396 g/mol. The number of amides is 1. The van der Waals surface area contributed by atoms with Crippen LogP contribution in [0, 0.1) is 6.92 Å². The van der Waals surface area contributed by atoms with E-state index in [0.29, 0.717) is 18.0 Å². The van der Waals surface area contributed by atoms with Crippen LogP contribution in [0.4, 0.5) is 0 Å². The molecule has 0 saturated carbocycles. The van der Waals surface area contributed by atoms with Crippen molar-refractivity contribution in [3.05, 3.63) is 58.9 Å². The Bertz CT molecular complexity index is 1150.